The van der Waals surface area contributed by atoms with E-state index in [0.717, 1.165) is 11.1 Å². The first-order chi connectivity index (χ1) is 14.9. The van der Waals surface area contributed by atoms with Crippen LogP contribution in [0.2, 0.25) is 0 Å². The zero-order chi connectivity index (χ0) is 22.9. The lowest BCUT2D eigenvalue weighted by molar-refractivity contribution is 0.166. The van der Waals surface area contributed by atoms with Gasteiger partial charge in [-0.1, -0.05) is 18.2 Å². The molecule has 2 aromatic rings. The van der Waals surface area contributed by atoms with Crippen molar-refractivity contribution in [2.45, 2.75) is 13.8 Å². The third kappa shape index (κ3) is 6.40. The molecule has 0 spiro atoms. The Hall–Kier alpha value is -2.67. The molecule has 0 aliphatic carbocycles. The van der Waals surface area contributed by atoms with Crippen molar-refractivity contribution in [2.24, 2.45) is 0 Å². The van der Waals surface area contributed by atoms with Gasteiger partial charge in [0.2, 0.25) is 5.75 Å². The van der Waals surface area contributed by atoms with Crippen molar-refractivity contribution in [3.63, 3.8) is 0 Å². The molecule has 0 heterocycles. The SMILES string of the molecule is CCOP(=O)(OCC)Oc1cc(/C=C\c2cc(OC)c(OC)c(OC)c2)ccc1OC. The van der Waals surface area contributed by atoms with Crippen LogP contribution in [-0.4, -0.2) is 41.7 Å². The predicted octanol–water partition coefficient (Wildman–Crippen LogP) is 5.45. The topological polar surface area (TPSA) is 81.7 Å². The van der Waals surface area contributed by atoms with Gasteiger partial charge in [-0.3, -0.25) is 9.05 Å². The Bertz CT molecular complexity index is 906. The molecule has 2 rings (SSSR count). The molecule has 0 bridgehead atoms. The maximum absolute atomic E-state index is 12.8. The Labute approximate surface area is 183 Å². The summed E-state index contributed by atoms with van der Waals surface area (Å²) in [6, 6.07) is 8.91. The smallest absolute Gasteiger partial charge is 0.493 e. The van der Waals surface area contributed by atoms with E-state index in [1.54, 1.807) is 47.3 Å². The Morgan fingerprint density at radius 1 is 0.710 bits per heavy atom. The Morgan fingerprint density at radius 2 is 1.23 bits per heavy atom. The highest BCUT2D eigenvalue weighted by Crippen LogP contribution is 2.51. The summed E-state index contributed by atoms with van der Waals surface area (Å²) in [6.07, 6.45) is 3.74. The fourth-order valence-electron chi connectivity index (χ4n) is 2.78. The number of methoxy groups -OCH3 is 4. The Balaban J connectivity index is 2.37. The van der Waals surface area contributed by atoms with E-state index >= 15 is 0 Å². The van der Waals surface area contributed by atoms with Crippen molar-refractivity contribution in [1.29, 1.82) is 0 Å². The highest BCUT2D eigenvalue weighted by molar-refractivity contribution is 7.48. The van der Waals surface area contributed by atoms with Gasteiger partial charge in [-0.2, -0.15) is 0 Å². The minimum absolute atomic E-state index is 0.181. The van der Waals surface area contributed by atoms with Gasteiger partial charge in [-0.05, 0) is 49.2 Å². The summed E-state index contributed by atoms with van der Waals surface area (Å²) >= 11 is 0. The molecule has 0 radical (unpaired) electrons. The molecule has 170 valence electrons. The van der Waals surface area contributed by atoms with E-state index < -0.39 is 7.82 Å². The third-order valence-electron chi connectivity index (χ3n) is 4.13. The van der Waals surface area contributed by atoms with Crippen molar-refractivity contribution in [3.05, 3.63) is 41.5 Å². The minimum Gasteiger partial charge on any atom is -0.493 e. The Morgan fingerprint density at radius 3 is 1.71 bits per heavy atom. The van der Waals surface area contributed by atoms with Gasteiger partial charge in [0.1, 0.15) is 0 Å². The van der Waals surface area contributed by atoms with Crippen LogP contribution >= 0.6 is 7.82 Å². The summed E-state index contributed by atoms with van der Waals surface area (Å²) in [5.74, 6) is 2.28. The number of rotatable bonds is 12. The van der Waals surface area contributed by atoms with Crippen molar-refractivity contribution < 1.29 is 37.1 Å². The summed E-state index contributed by atoms with van der Waals surface area (Å²) in [5, 5.41) is 0. The van der Waals surface area contributed by atoms with Crippen LogP contribution in [0.4, 0.5) is 0 Å². The molecule has 0 aliphatic rings. The molecule has 8 nitrogen and oxygen atoms in total. The van der Waals surface area contributed by atoms with E-state index in [1.807, 2.05) is 30.4 Å². The molecule has 0 aliphatic heterocycles. The summed E-state index contributed by atoms with van der Waals surface area (Å²) in [6.45, 7) is 3.78. The van der Waals surface area contributed by atoms with Gasteiger partial charge in [-0.15, -0.1) is 0 Å². The third-order valence-corrected chi connectivity index (χ3v) is 5.70. The molecule has 0 saturated heterocycles. The van der Waals surface area contributed by atoms with Crippen molar-refractivity contribution in [1.82, 2.24) is 0 Å². The zero-order valence-corrected chi connectivity index (χ0v) is 19.6. The van der Waals surface area contributed by atoms with Crippen molar-refractivity contribution in [2.75, 3.05) is 41.7 Å². The largest absolute Gasteiger partial charge is 0.530 e. The first-order valence-electron chi connectivity index (χ1n) is 9.68. The van der Waals surface area contributed by atoms with Crippen LogP contribution in [0.15, 0.2) is 30.3 Å². The van der Waals surface area contributed by atoms with Crippen LogP contribution in [0.25, 0.3) is 12.2 Å². The molecule has 0 N–H and O–H groups in total. The average molecular weight is 452 g/mol. The summed E-state index contributed by atoms with van der Waals surface area (Å²) in [4.78, 5) is 0. The first kappa shape index (κ1) is 24.6. The lowest BCUT2D eigenvalue weighted by atomic mass is 10.1. The number of phosphoric acid groups is 1. The summed E-state index contributed by atoms with van der Waals surface area (Å²) in [7, 11) is 2.42. The van der Waals surface area contributed by atoms with E-state index in [1.165, 1.54) is 7.11 Å². The van der Waals surface area contributed by atoms with Gasteiger partial charge >= 0.3 is 7.82 Å². The van der Waals surface area contributed by atoms with Crippen molar-refractivity contribution >= 4 is 20.0 Å². The van der Waals surface area contributed by atoms with Crippen LogP contribution in [0.1, 0.15) is 25.0 Å². The number of benzene rings is 2. The molecule has 31 heavy (non-hydrogen) atoms. The molecule has 0 atom stereocenters. The quantitative estimate of drug-likeness (QED) is 0.311. The van der Waals surface area contributed by atoms with E-state index in [-0.39, 0.29) is 19.0 Å². The molecule has 0 fully saturated rings. The molecule has 9 heteroatoms. The molecule has 2 aromatic carbocycles. The lowest BCUT2D eigenvalue weighted by Gasteiger charge is -2.18. The second-order valence-electron chi connectivity index (χ2n) is 6.08. The number of hydrogen-bond acceptors (Lipinski definition) is 8. The van der Waals surface area contributed by atoms with Crippen LogP contribution in [0.3, 0.4) is 0 Å². The van der Waals surface area contributed by atoms with E-state index in [4.69, 9.17) is 32.5 Å². The van der Waals surface area contributed by atoms with Gasteiger partial charge in [0.25, 0.3) is 0 Å². The number of phosphoric ester groups is 1. The Kier molecular flexibility index (Phi) is 9.24. The molecule has 0 amide bonds. The van der Waals surface area contributed by atoms with Crippen LogP contribution in [0.5, 0.6) is 28.7 Å². The van der Waals surface area contributed by atoms with Gasteiger partial charge < -0.3 is 23.5 Å². The molecular formula is C22H29O8P. The zero-order valence-electron chi connectivity index (χ0n) is 18.7. The predicted molar refractivity (Wildman–Crippen MR) is 120 cm³/mol. The second-order valence-corrected chi connectivity index (χ2v) is 7.67. The second kappa shape index (κ2) is 11.6. The molecule has 0 unspecified atom stereocenters. The maximum Gasteiger partial charge on any atom is 0.530 e. The fraction of sp³-hybridized carbons (Fsp3) is 0.364. The van der Waals surface area contributed by atoms with E-state index in [0.29, 0.717) is 23.0 Å². The van der Waals surface area contributed by atoms with Gasteiger partial charge in [0.05, 0.1) is 41.7 Å². The number of ether oxygens (including phenoxy) is 4. The van der Waals surface area contributed by atoms with Crippen molar-refractivity contribution in [3.8, 4) is 28.7 Å². The highest BCUT2D eigenvalue weighted by Gasteiger charge is 2.28. The average Bonchev–Trinajstić information content (AvgIpc) is 2.77. The van der Waals surface area contributed by atoms with Gasteiger partial charge in [0.15, 0.2) is 23.0 Å². The molecule has 0 aromatic heterocycles. The van der Waals surface area contributed by atoms with E-state index in [2.05, 4.69) is 0 Å². The highest BCUT2D eigenvalue weighted by atomic mass is 31.2. The van der Waals surface area contributed by atoms with Gasteiger partial charge in [0, 0.05) is 0 Å². The monoisotopic (exact) mass is 452 g/mol. The standard InChI is InChI=1S/C22H29O8P/c1-7-28-31(23,29-8-2)30-19-13-16(11-12-18(19)24-3)9-10-17-14-20(25-4)22(27-6)21(15-17)26-5/h9-15H,7-8H2,1-6H3/b10-9-. The van der Waals surface area contributed by atoms with Crippen LogP contribution in [-0.2, 0) is 13.6 Å². The summed E-state index contributed by atoms with van der Waals surface area (Å²) < 4.78 is 50.2. The van der Waals surface area contributed by atoms with Crippen LogP contribution < -0.4 is 23.5 Å². The maximum atomic E-state index is 12.8. The fourth-order valence-corrected chi connectivity index (χ4v) is 3.98. The summed E-state index contributed by atoms with van der Waals surface area (Å²) in [5.41, 5.74) is 1.62. The van der Waals surface area contributed by atoms with Gasteiger partial charge in [-0.25, -0.2) is 4.57 Å². The number of hydrogen-bond donors (Lipinski definition) is 0. The lowest BCUT2D eigenvalue weighted by Crippen LogP contribution is -2.03. The molecule has 0 saturated carbocycles. The van der Waals surface area contributed by atoms with Crippen LogP contribution in [0, 0.1) is 0 Å². The van der Waals surface area contributed by atoms with E-state index in [9.17, 15) is 4.57 Å². The minimum atomic E-state index is -3.76. The molecular weight excluding hydrogens is 423 g/mol. The first-order valence-corrected chi connectivity index (χ1v) is 11.1. The normalized spacial score (nSPS) is 11.4.